The van der Waals surface area contributed by atoms with E-state index >= 15 is 0 Å². The Morgan fingerprint density at radius 3 is 2.33 bits per heavy atom. The average Bonchev–Trinajstić information content (AvgIpc) is 3.01. The topological polar surface area (TPSA) is 84.2 Å². The van der Waals surface area contributed by atoms with Gasteiger partial charge in [-0.1, -0.05) is 54.8 Å². The molecule has 24 heavy (non-hydrogen) atoms. The number of carbonyl (C=O) groups excluding carboxylic acids is 2. The summed E-state index contributed by atoms with van der Waals surface area (Å²) in [4.78, 5) is 24.3. The van der Waals surface area contributed by atoms with Crippen molar-refractivity contribution >= 4 is 27.7 Å². The first kappa shape index (κ1) is 18.9. The second-order valence-electron chi connectivity index (χ2n) is 6.83. The van der Waals surface area contributed by atoms with Gasteiger partial charge in [0.1, 0.15) is 0 Å². The zero-order valence-corrected chi connectivity index (χ0v) is 15.9. The minimum Gasteiger partial charge on any atom is -0.346 e. The maximum atomic E-state index is 12.4. The fourth-order valence-corrected chi connectivity index (χ4v) is 3.40. The standard InChI is InChI=1S/C18H26BrN3O2/c1-12(2)16(20)17(24)21-11-15(23)22-18(9-3-4-10-18)13-5-7-14(19)8-6-13/h5-8,12,16H,3-4,9-11,20H2,1-2H3,(H,21,24)(H,22,23)/t16-/m0/s1. The number of nitrogens with two attached hydrogens (primary N) is 1. The maximum Gasteiger partial charge on any atom is 0.240 e. The minimum absolute atomic E-state index is 0.0389. The third kappa shape index (κ3) is 4.57. The van der Waals surface area contributed by atoms with Gasteiger partial charge in [0, 0.05) is 4.47 Å². The van der Waals surface area contributed by atoms with E-state index in [1.165, 1.54) is 0 Å². The van der Waals surface area contributed by atoms with Crippen molar-refractivity contribution in [3.05, 3.63) is 34.3 Å². The molecule has 1 saturated carbocycles. The highest BCUT2D eigenvalue weighted by Crippen LogP contribution is 2.39. The van der Waals surface area contributed by atoms with Crippen LogP contribution in [0.2, 0.25) is 0 Å². The minimum atomic E-state index is -0.593. The molecule has 0 bridgehead atoms. The molecule has 1 aromatic carbocycles. The summed E-state index contributed by atoms with van der Waals surface area (Å²) in [5.41, 5.74) is 6.57. The van der Waals surface area contributed by atoms with Crippen LogP contribution < -0.4 is 16.4 Å². The normalized spacial score (nSPS) is 17.5. The predicted molar refractivity (Wildman–Crippen MR) is 98.3 cm³/mol. The monoisotopic (exact) mass is 395 g/mol. The van der Waals surface area contributed by atoms with Gasteiger partial charge in [0.25, 0.3) is 0 Å². The molecule has 0 saturated heterocycles. The molecular formula is C18H26BrN3O2. The lowest BCUT2D eigenvalue weighted by molar-refractivity contribution is -0.128. The molecule has 0 heterocycles. The highest BCUT2D eigenvalue weighted by Gasteiger charge is 2.37. The molecule has 0 aliphatic heterocycles. The molecule has 1 aliphatic rings. The van der Waals surface area contributed by atoms with Crippen molar-refractivity contribution in [2.24, 2.45) is 11.7 Å². The van der Waals surface area contributed by atoms with Gasteiger partial charge >= 0.3 is 0 Å². The summed E-state index contributed by atoms with van der Waals surface area (Å²) in [5.74, 6) is -0.426. The van der Waals surface area contributed by atoms with Crippen molar-refractivity contribution in [2.45, 2.75) is 51.1 Å². The van der Waals surface area contributed by atoms with Crippen LogP contribution in [0.5, 0.6) is 0 Å². The van der Waals surface area contributed by atoms with Crippen LogP contribution in [-0.4, -0.2) is 24.4 Å². The second kappa shape index (κ2) is 8.12. The van der Waals surface area contributed by atoms with Crippen molar-refractivity contribution in [3.8, 4) is 0 Å². The fraction of sp³-hybridized carbons (Fsp3) is 0.556. The third-order valence-electron chi connectivity index (χ3n) is 4.68. The molecule has 6 heteroatoms. The first-order valence-electron chi connectivity index (χ1n) is 8.44. The molecule has 1 aliphatic carbocycles. The van der Waals surface area contributed by atoms with Gasteiger partial charge in [0.2, 0.25) is 11.8 Å². The van der Waals surface area contributed by atoms with E-state index in [-0.39, 0.29) is 29.8 Å². The largest absolute Gasteiger partial charge is 0.346 e. The molecule has 0 unspecified atom stereocenters. The van der Waals surface area contributed by atoms with Gasteiger partial charge in [-0.05, 0) is 36.5 Å². The van der Waals surface area contributed by atoms with Crippen LogP contribution in [0.15, 0.2) is 28.7 Å². The lowest BCUT2D eigenvalue weighted by atomic mass is 9.88. The Balaban J connectivity index is 1.99. The lowest BCUT2D eigenvalue weighted by Crippen LogP contribution is -2.51. The first-order chi connectivity index (χ1) is 11.3. The molecule has 4 N–H and O–H groups in total. The number of amides is 2. The Labute approximate surface area is 151 Å². The number of hydrogen-bond donors (Lipinski definition) is 3. The quantitative estimate of drug-likeness (QED) is 0.691. The Bertz CT molecular complexity index is 580. The Morgan fingerprint density at radius 1 is 1.21 bits per heavy atom. The highest BCUT2D eigenvalue weighted by molar-refractivity contribution is 9.10. The Kier molecular flexibility index (Phi) is 6.40. The molecule has 0 spiro atoms. The molecule has 1 aromatic rings. The van der Waals surface area contributed by atoms with Crippen LogP contribution in [0.1, 0.15) is 45.1 Å². The molecule has 1 fully saturated rings. The van der Waals surface area contributed by atoms with E-state index < -0.39 is 6.04 Å². The van der Waals surface area contributed by atoms with E-state index in [2.05, 4.69) is 26.6 Å². The molecule has 132 valence electrons. The second-order valence-corrected chi connectivity index (χ2v) is 7.75. The molecule has 2 rings (SSSR count). The summed E-state index contributed by atoms with van der Waals surface area (Å²) in [6.45, 7) is 3.72. The fourth-order valence-electron chi connectivity index (χ4n) is 3.13. The predicted octanol–water partition coefficient (Wildman–Crippen LogP) is 2.43. The van der Waals surface area contributed by atoms with Crippen LogP contribution >= 0.6 is 15.9 Å². The number of hydrogen-bond acceptors (Lipinski definition) is 3. The van der Waals surface area contributed by atoms with E-state index in [0.717, 1.165) is 35.7 Å². The number of halogens is 1. The van der Waals surface area contributed by atoms with Crippen molar-refractivity contribution < 1.29 is 9.59 Å². The number of carbonyl (C=O) groups is 2. The van der Waals surface area contributed by atoms with E-state index in [4.69, 9.17) is 5.73 Å². The lowest BCUT2D eigenvalue weighted by Gasteiger charge is -2.31. The van der Waals surface area contributed by atoms with Gasteiger partial charge < -0.3 is 16.4 Å². The summed E-state index contributed by atoms with van der Waals surface area (Å²) >= 11 is 3.44. The van der Waals surface area contributed by atoms with E-state index in [9.17, 15) is 9.59 Å². The summed E-state index contributed by atoms with van der Waals surface area (Å²) < 4.78 is 1.01. The molecule has 0 aromatic heterocycles. The molecule has 5 nitrogen and oxygen atoms in total. The molecule has 1 atom stereocenters. The van der Waals surface area contributed by atoms with Crippen LogP contribution in [-0.2, 0) is 15.1 Å². The highest BCUT2D eigenvalue weighted by atomic mass is 79.9. The zero-order valence-electron chi connectivity index (χ0n) is 14.3. The van der Waals surface area contributed by atoms with Gasteiger partial charge in [-0.25, -0.2) is 0 Å². The SMILES string of the molecule is CC(C)[C@H](N)C(=O)NCC(=O)NC1(c2ccc(Br)cc2)CCCC1. The van der Waals surface area contributed by atoms with Gasteiger partial charge in [0.15, 0.2) is 0 Å². The number of rotatable bonds is 6. The van der Waals surface area contributed by atoms with E-state index in [1.807, 2.05) is 38.1 Å². The van der Waals surface area contributed by atoms with Gasteiger partial charge in [-0.3, -0.25) is 9.59 Å². The number of benzene rings is 1. The zero-order chi connectivity index (χ0) is 17.7. The van der Waals surface area contributed by atoms with Gasteiger partial charge in [-0.15, -0.1) is 0 Å². The van der Waals surface area contributed by atoms with Crippen LogP contribution in [0.25, 0.3) is 0 Å². The Hall–Kier alpha value is -1.40. The smallest absolute Gasteiger partial charge is 0.240 e. The van der Waals surface area contributed by atoms with Gasteiger partial charge in [0.05, 0.1) is 18.1 Å². The molecule has 0 radical (unpaired) electrons. The summed E-state index contributed by atoms with van der Waals surface area (Å²) in [6.07, 6.45) is 4.00. The summed E-state index contributed by atoms with van der Waals surface area (Å²) in [7, 11) is 0. The van der Waals surface area contributed by atoms with Crippen molar-refractivity contribution in [3.63, 3.8) is 0 Å². The number of nitrogens with one attached hydrogen (secondary N) is 2. The van der Waals surface area contributed by atoms with E-state index in [1.54, 1.807) is 0 Å². The van der Waals surface area contributed by atoms with Gasteiger partial charge in [-0.2, -0.15) is 0 Å². The van der Waals surface area contributed by atoms with Crippen molar-refractivity contribution in [1.82, 2.24) is 10.6 Å². The molecular weight excluding hydrogens is 370 g/mol. The van der Waals surface area contributed by atoms with Crippen LogP contribution in [0, 0.1) is 5.92 Å². The third-order valence-corrected chi connectivity index (χ3v) is 5.21. The summed E-state index contributed by atoms with van der Waals surface area (Å²) in [6, 6.07) is 7.48. The van der Waals surface area contributed by atoms with Crippen molar-refractivity contribution in [1.29, 1.82) is 0 Å². The first-order valence-corrected chi connectivity index (χ1v) is 9.24. The molecule has 2 amide bonds. The van der Waals surface area contributed by atoms with Crippen LogP contribution in [0.4, 0.5) is 0 Å². The van der Waals surface area contributed by atoms with Crippen LogP contribution in [0.3, 0.4) is 0 Å². The van der Waals surface area contributed by atoms with E-state index in [0.29, 0.717) is 0 Å². The van der Waals surface area contributed by atoms with Crippen molar-refractivity contribution in [2.75, 3.05) is 6.54 Å². The average molecular weight is 396 g/mol. The maximum absolute atomic E-state index is 12.4. The Morgan fingerprint density at radius 2 is 1.79 bits per heavy atom. The summed E-state index contributed by atoms with van der Waals surface area (Å²) in [5, 5.41) is 5.77.